The second-order valence-electron chi connectivity index (χ2n) is 6.09. The summed E-state index contributed by atoms with van der Waals surface area (Å²) >= 11 is 0. The molecule has 2 heterocycles. The van der Waals surface area contributed by atoms with Crippen LogP contribution in [0.5, 0.6) is 0 Å². The number of hydrogen-bond acceptors (Lipinski definition) is 4. The van der Waals surface area contributed by atoms with Crippen LogP contribution in [0, 0.1) is 0 Å². The fourth-order valence-corrected chi connectivity index (χ4v) is 3.40. The number of fused-ring (bicyclic) bond motifs is 1. The van der Waals surface area contributed by atoms with Gasteiger partial charge < -0.3 is 11.1 Å². The third-order valence-corrected chi connectivity index (χ3v) is 4.45. The van der Waals surface area contributed by atoms with Gasteiger partial charge in [0.2, 0.25) is 5.91 Å². The van der Waals surface area contributed by atoms with E-state index < -0.39 is 0 Å². The van der Waals surface area contributed by atoms with E-state index in [0.717, 1.165) is 25.2 Å². The molecular formula is C16H24N4O. The summed E-state index contributed by atoms with van der Waals surface area (Å²) in [4.78, 5) is 17.0. The summed E-state index contributed by atoms with van der Waals surface area (Å²) in [5.41, 5.74) is 7.17. The van der Waals surface area contributed by atoms with E-state index in [4.69, 9.17) is 5.73 Å². The van der Waals surface area contributed by atoms with Crippen LogP contribution in [0.4, 0.5) is 11.4 Å². The molecule has 114 valence electrons. The Morgan fingerprint density at radius 1 is 1.19 bits per heavy atom. The minimum Gasteiger partial charge on any atom is -0.399 e. The third-order valence-electron chi connectivity index (χ3n) is 4.45. The largest absolute Gasteiger partial charge is 0.399 e. The number of nitrogen functional groups attached to an aromatic ring is 1. The Hall–Kier alpha value is -1.59. The quantitative estimate of drug-likeness (QED) is 0.825. The van der Waals surface area contributed by atoms with Crippen molar-refractivity contribution in [2.75, 3.05) is 43.8 Å². The van der Waals surface area contributed by atoms with Gasteiger partial charge in [-0.3, -0.25) is 14.6 Å². The second-order valence-corrected chi connectivity index (χ2v) is 6.09. The number of anilines is 2. The monoisotopic (exact) mass is 288 g/mol. The molecule has 1 atom stereocenters. The van der Waals surface area contributed by atoms with Crippen LogP contribution >= 0.6 is 0 Å². The van der Waals surface area contributed by atoms with E-state index in [1.807, 2.05) is 12.1 Å². The Morgan fingerprint density at radius 2 is 1.95 bits per heavy atom. The van der Waals surface area contributed by atoms with E-state index in [-0.39, 0.29) is 5.91 Å². The lowest BCUT2D eigenvalue weighted by Crippen LogP contribution is -2.40. The Balaban J connectivity index is 1.53. The summed E-state index contributed by atoms with van der Waals surface area (Å²) in [7, 11) is 0. The standard InChI is InChI=1S/C16H24N4O/c17-13-4-6-14(7-5-13)18-16(21)12-19-8-2-10-20-9-1-3-15(20)11-19/h4-7,15H,1-3,8-12,17H2,(H,18,21). The van der Waals surface area contributed by atoms with Crippen LogP contribution in [0.15, 0.2) is 24.3 Å². The molecule has 0 aromatic heterocycles. The number of nitrogens with two attached hydrogens (primary N) is 1. The molecule has 3 N–H and O–H groups in total. The van der Waals surface area contributed by atoms with Gasteiger partial charge in [-0.2, -0.15) is 0 Å². The Bertz CT molecular complexity index is 488. The lowest BCUT2D eigenvalue weighted by atomic mass is 10.2. The summed E-state index contributed by atoms with van der Waals surface area (Å²) in [6, 6.07) is 7.94. The first kappa shape index (κ1) is 14.4. The molecule has 5 heteroatoms. The molecular weight excluding hydrogens is 264 g/mol. The maximum atomic E-state index is 12.2. The van der Waals surface area contributed by atoms with Gasteiger partial charge in [0, 0.05) is 24.0 Å². The lowest BCUT2D eigenvalue weighted by Gasteiger charge is -2.25. The molecule has 1 unspecified atom stereocenters. The number of rotatable bonds is 3. The van der Waals surface area contributed by atoms with Gasteiger partial charge in [-0.05, 0) is 63.2 Å². The summed E-state index contributed by atoms with van der Waals surface area (Å²) in [5.74, 6) is 0.0613. The Labute approximate surface area is 126 Å². The molecule has 0 aliphatic carbocycles. The van der Waals surface area contributed by atoms with Gasteiger partial charge in [0.1, 0.15) is 0 Å². The van der Waals surface area contributed by atoms with Crippen molar-refractivity contribution in [1.29, 1.82) is 0 Å². The van der Waals surface area contributed by atoms with Gasteiger partial charge in [0.25, 0.3) is 0 Å². The molecule has 1 aromatic rings. The van der Waals surface area contributed by atoms with Gasteiger partial charge >= 0.3 is 0 Å². The number of amides is 1. The van der Waals surface area contributed by atoms with Gasteiger partial charge in [0.05, 0.1) is 6.54 Å². The van der Waals surface area contributed by atoms with E-state index in [2.05, 4.69) is 15.1 Å². The van der Waals surface area contributed by atoms with Crippen LogP contribution in [0.2, 0.25) is 0 Å². The van der Waals surface area contributed by atoms with Crippen molar-refractivity contribution in [1.82, 2.24) is 9.80 Å². The summed E-state index contributed by atoms with van der Waals surface area (Å²) in [6.07, 6.45) is 3.73. The first-order valence-corrected chi connectivity index (χ1v) is 7.82. The number of nitrogens with one attached hydrogen (secondary N) is 1. The summed E-state index contributed by atoms with van der Waals surface area (Å²) < 4.78 is 0. The third kappa shape index (κ3) is 3.74. The first-order valence-electron chi connectivity index (χ1n) is 7.82. The SMILES string of the molecule is Nc1ccc(NC(=O)CN2CCCN3CCCC3C2)cc1. The highest BCUT2D eigenvalue weighted by atomic mass is 16.2. The number of benzene rings is 1. The zero-order chi connectivity index (χ0) is 14.7. The molecule has 0 bridgehead atoms. The number of carbonyl (C=O) groups excluding carboxylic acids is 1. The Morgan fingerprint density at radius 3 is 2.76 bits per heavy atom. The van der Waals surface area contributed by atoms with Crippen LogP contribution in [0.3, 0.4) is 0 Å². The molecule has 2 aliphatic rings. The number of carbonyl (C=O) groups is 1. The minimum atomic E-state index is 0.0613. The smallest absolute Gasteiger partial charge is 0.238 e. The van der Waals surface area contributed by atoms with Crippen molar-refractivity contribution >= 4 is 17.3 Å². The van der Waals surface area contributed by atoms with E-state index in [9.17, 15) is 4.79 Å². The molecule has 5 nitrogen and oxygen atoms in total. The van der Waals surface area contributed by atoms with Crippen molar-refractivity contribution < 1.29 is 4.79 Å². The van der Waals surface area contributed by atoms with Crippen molar-refractivity contribution in [3.63, 3.8) is 0 Å². The maximum absolute atomic E-state index is 12.2. The molecule has 3 rings (SSSR count). The van der Waals surface area contributed by atoms with Crippen LogP contribution in [-0.4, -0.2) is 54.5 Å². The van der Waals surface area contributed by atoms with E-state index >= 15 is 0 Å². The predicted octanol–water partition coefficient (Wildman–Crippen LogP) is 1.38. The zero-order valence-electron chi connectivity index (χ0n) is 12.4. The number of hydrogen-bond donors (Lipinski definition) is 2. The highest BCUT2D eigenvalue weighted by molar-refractivity contribution is 5.92. The molecule has 2 saturated heterocycles. The molecule has 1 amide bonds. The molecule has 2 aliphatic heterocycles. The molecule has 1 aromatic carbocycles. The van der Waals surface area contributed by atoms with E-state index in [0.29, 0.717) is 18.3 Å². The minimum absolute atomic E-state index is 0.0613. The summed E-state index contributed by atoms with van der Waals surface area (Å²) in [6.45, 7) is 4.93. The molecule has 2 fully saturated rings. The average molecular weight is 288 g/mol. The highest BCUT2D eigenvalue weighted by Gasteiger charge is 2.29. The Kier molecular flexibility index (Phi) is 4.41. The molecule has 21 heavy (non-hydrogen) atoms. The van der Waals surface area contributed by atoms with Crippen molar-refractivity contribution in [2.24, 2.45) is 0 Å². The fourth-order valence-electron chi connectivity index (χ4n) is 3.40. The molecule has 0 spiro atoms. The van der Waals surface area contributed by atoms with Gasteiger partial charge in [-0.15, -0.1) is 0 Å². The van der Waals surface area contributed by atoms with Crippen LogP contribution in [-0.2, 0) is 4.79 Å². The van der Waals surface area contributed by atoms with Crippen molar-refractivity contribution in [3.05, 3.63) is 24.3 Å². The number of nitrogens with zero attached hydrogens (tertiary/aromatic N) is 2. The topological polar surface area (TPSA) is 61.6 Å². The first-order chi connectivity index (χ1) is 10.2. The van der Waals surface area contributed by atoms with Gasteiger partial charge in [-0.1, -0.05) is 0 Å². The zero-order valence-corrected chi connectivity index (χ0v) is 12.4. The van der Waals surface area contributed by atoms with Crippen LogP contribution in [0.1, 0.15) is 19.3 Å². The average Bonchev–Trinajstić information content (AvgIpc) is 2.80. The fraction of sp³-hybridized carbons (Fsp3) is 0.562. The van der Waals surface area contributed by atoms with E-state index in [1.54, 1.807) is 12.1 Å². The van der Waals surface area contributed by atoms with Crippen LogP contribution in [0.25, 0.3) is 0 Å². The molecule has 0 radical (unpaired) electrons. The maximum Gasteiger partial charge on any atom is 0.238 e. The van der Waals surface area contributed by atoms with Crippen molar-refractivity contribution in [2.45, 2.75) is 25.3 Å². The van der Waals surface area contributed by atoms with Crippen molar-refractivity contribution in [3.8, 4) is 0 Å². The van der Waals surface area contributed by atoms with Crippen LogP contribution < -0.4 is 11.1 Å². The van der Waals surface area contributed by atoms with Gasteiger partial charge in [0.15, 0.2) is 0 Å². The van der Waals surface area contributed by atoms with Gasteiger partial charge in [-0.25, -0.2) is 0 Å². The summed E-state index contributed by atoms with van der Waals surface area (Å²) in [5, 5.41) is 2.95. The second kappa shape index (κ2) is 6.45. The van der Waals surface area contributed by atoms with E-state index in [1.165, 1.54) is 25.9 Å². The predicted molar refractivity (Wildman–Crippen MR) is 85.1 cm³/mol. The highest BCUT2D eigenvalue weighted by Crippen LogP contribution is 2.21. The lowest BCUT2D eigenvalue weighted by molar-refractivity contribution is -0.117. The molecule has 0 saturated carbocycles. The normalized spacial score (nSPS) is 23.5.